The number of hydrogen-bond donors (Lipinski definition) is 1. The van der Waals surface area contributed by atoms with Crippen molar-refractivity contribution in [1.82, 2.24) is 4.98 Å². The molecule has 3 nitrogen and oxygen atoms in total. The zero-order chi connectivity index (χ0) is 13.7. The lowest BCUT2D eigenvalue weighted by Crippen LogP contribution is -2.32. The number of rotatable bonds is 6. The van der Waals surface area contributed by atoms with E-state index in [-0.39, 0.29) is 17.7 Å². The van der Waals surface area contributed by atoms with Gasteiger partial charge in [-0.2, -0.15) is 0 Å². The molecule has 1 rings (SSSR count). The standard InChI is InChI=1S/C13H21F2N3/c1-5-9(6-2)18(4)13-11(15)8-10(14)12(17-13)16-7-3/h8-9H,5-7H2,1-4H3,(H,16,17). The second-order valence-electron chi connectivity index (χ2n) is 4.24. The molecule has 1 aromatic rings. The van der Waals surface area contributed by atoms with E-state index in [4.69, 9.17) is 0 Å². The van der Waals surface area contributed by atoms with Crippen LogP contribution < -0.4 is 10.2 Å². The van der Waals surface area contributed by atoms with E-state index < -0.39 is 11.6 Å². The average molecular weight is 257 g/mol. The molecule has 0 saturated heterocycles. The maximum absolute atomic E-state index is 13.8. The number of halogens is 2. The molecule has 18 heavy (non-hydrogen) atoms. The van der Waals surface area contributed by atoms with Gasteiger partial charge in [-0.1, -0.05) is 13.8 Å². The van der Waals surface area contributed by atoms with Crippen LogP contribution in [0.5, 0.6) is 0 Å². The molecule has 0 aliphatic carbocycles. The fraction of sp³-hybridized carbons (Fsp3) is 0.615. The summed E-state index contributed by atoms with van der Waals surface area (Å²) in [6, 6.07) is 1.09. The van der Waals surface area contributed by atoms with E-state index in [9.17, 15) is 8.78 Å². The molecule has 1 heterocycles. The average Bonchev–Trinajstić information content (AvgIpc) is 2.34. The molecule has 0 spiro atoms. The first-order chi connectivity index (χ1) is 8.54. The normalized spacial score (nSPS) is 10.8. The summed E-state index contributed by atoms with van der Waals surface area (Å²) in [7, 11) is 1.79. The SMILES string of the molecule is CCNc1nc(N(C)C(CC)CC)c(F)cc1F. The van der Waals surface area contributed by atoms with Crippen LogP contribution in [0, 0.1) is 11.6 Å². The smallest absolute Gasteiger partial charge is 0.168 e. The fourth-order valence-corrected chi connectivity index (χ4v) is 2.00. The highest BCUT2D eigenvalue weighted by molar-refractivity contribution is 5.49. The highest BCUT2D eigenvalue weighted by Gasteiger charge is 2.19. The Balaban J connectivity index is 3.10. The predicted molar refractivity (Wildman–Crippen MR) is 71.1 cm³/mol. The Morgan fingerprint density at radius 2 is 1.83 bits per heavy atom. The van der Waals surface area contributed by atoms with Crippen LogP contribution in [-0.4, -0.2) is 24.6 Å². The maximum Gasteiger partial charge on any atom is 0.168 e. The molecule has 1 aromatic heterocycles. The van der Waals surface area contributed by atoms with Crippen molar-refractivity contribution >= 4 is 11.6 Å². The third kappa shape index (κ3) is 3.09. The minimum atomic E-state index is -0.656. The first kappa shape index (κ1) is 14.7. The van der Waals surface area contributed by atoms with Gasteiger partial charge in [0.1, 0.15) is 0 Å². The van der Waals surface area contributed by atoms with Gasteiger partial charge in [-0.15, -0.1) is 0 Å². The minimum absolute atomic E-state index is 0.103. The van der Waals surface area contributed by atoms with Gasteiger partial charge in [0, 0.05) is 25.7 Å². The van der Waals surface area contributed by atoms with Crippen LogP contribution in [0.3, 0.4) is 0 Å². The van der Waals surface area contributed by atoms with Gasteiger partial charge in [-0.3, -0.25) is 0 Å². The summed E-state index contributed by atoms with van der Waals surface area (Å²) < 4.78 is 27.2. The molecule has 0 atom stereocenters. The van der Waals surface area contributed by atoms with Crippen molar-refractivity contribution in [3.63, 3.8) is 0 Å². The summed E-state index contributed by atoms with van der Waals surface area (Å²) in [4.78, 5) is 5.82. The van der Waals surface area contributed by atoms with Crippen LogP contribution >= 0.6 is 0 Å². The molecular formula is C13H21F2N3. The predicted octanol–water partition coefficient (Wildman–Crippen LogP) is 3.42. The Morgan fingerprint density at radius 3 is 2.33 bits per heavy atom. The van der Waals surface area contributed by atoms with Crippen LogP contribution in [0.2, 0.25) is 0 Å². The molecule has 0 aromatic carbocycles. The lowest BCUT2D eigenvalue weighted by molar-refractivity contribution is 0.543. The third-order valence-electron chi connectivity index (χ3n) is 3.08. The van der Waals surface area contributed by atoms with Gasteiger partial charge < -0.3 is 10.2 Å². The number of hydrogen-bond acceptors (Lipinski definition) is 3. The van der Waals surface area contributed by atoms with Gasteiger partial charge in [0.2, 0.25) is 0 Å². The van der Waals surface area contributed by atoms with E-state index in [1.165, 1.54) is 0 Å². The first-order valence-corrected chi connectivity index (χ1v) is 6.37. The molecule has 0 amide bonds. The first-order valence-electron chi connectivity index (χ1n) is 6.37. The van der Waals surface area contributed by atoms with Crippen molar-refractivity contribution in [2.45, 2.75) is 39.7 Å². The monoisotopic (exact) mass is 257 g/mol. The highest BCUT2D eigenvalue weighted by Crippen LogP contribution is 2.24. The van der Waals surface area contributed by atoms with E-state index in [0.29, 0.717) is 6.54 Å². The van der Waals surface area contributed by atoms with Crippen LogP contribution in [0.15, 0.2) is 6.07 Å². The number of nitrogens with one attached hydrogen (secondary N) is 1. The van der Waals surface area contributed by atoms with Gasteiger partial charge in [-0.05, 0) is 19.8 Å². The summed E-state index contributed by atoms with van der Waals surface area (Å²) in [6.07, 6.45) is 1.78. The van der Waals surface area contributed by atoms with E-state index in [2.05, 4.69) is 10.3 Å². The number of aromatic nitrogens is 1. The largest absolute Gasteiger partial charge is 0.368 e. The van der Waals surface area contributed by atoms with Crippen molar-refractivity contribution in [1.29, 1.82) is 0 Å². The van der Waals surface area contributed by atoms with Gasteiger partial charge in [0.25, 0.3) is 0 Å². The quantitative estimate of drug-likeness (QED) is 0.846. The van der Waals surface area contributed by atoms with Gasteiger partial charge in [-0.25, -0.2) is 13.8 Å². The Hall–Kier alpha value is -1.39. The Kier molecular flexibility index (Phi) is 5.31. The topological polar surface area (TPSA) is 28.2 Å². The fourth-order valence-electron chi connectivity index (χ4n) is 2.00. The summed E-state index contributed by atoms with van der Waals surface area (Å²) in [6.45, 7) is 6.47. The molecule has 1 N–H and O–H groups in total. The molecule has 0 bridgehead atoms. The van der Waals surface area contributed by atoms with Crippen molar-refractivity contribution in [3.8, 4) is 0 Å². The van der Waals surface area contributed by atoms with E-state index in [1.807, 2.05) is 20.8 Å². The molecule has 0 radical (unpaired) electrons. The number of anilines is 2. The summed E-state index contributed by atoms with van der Waals surface area (Å²) >= 11 is 0. The lowest BCUT2D eigenvalue weighted by Gasteiger charge is -2.28. The van der Waals surface area contributed by atoms with Crippen LogP contribution in [0.1, 0.15) is 33.6 Å². The van der Waals surface area contributed by atoms with E-state index >= 15 is 0 Å². The molecule has 0 aliphatic rings. The van der Waals surface area contributed by atoms with Crippen molar-refractivity contribution < 1.29 is 8.78 Å². The molecule has 0 unspecified atom stereocenters. The van der Waals surface area contributed by atoms with Gasteiger partial charge in [0.05, 0.1) is 0 Å². The minimum Gasteiger partial charge on any atom is -0.368 e. The molecular weight excluding hydrogens is 236 g/mol. The van der Waals surface area contributed by atoms with Crippen LogP contribution in [0.25, 0.3) is 0 Å². The Bertz CT molecular complexity index is 392. The number of pyridine rings is 1. The van der Waals surface area contributed by atoms with Crippen molar-refractivity contribution in [2.75, 3.05) is 23.8 Å². The molecule has 0 fully saturated rings. The van der Waals surface area contributed by atoms with Crippen molar-refractivity contribution in [3.05, 3.63) is 17.7 Å². The van der Waals surface area contributed by atoms with Gasteiger partial charge >= 0.3 is 0 Å². The summed E-state index contributed by atoms with van der Waals surface area (Å²) in [5.41, 5.74) is 0. The molecule has 0 saturated carbocycles. The summed E-state index contributed by atoms with van der Waals surface area (Å²) in [5, 5.41) is 2.79. The van der Waals surface area contributed by atoms with Crippen LogP contribution in [0.4, 0.5) is 20.4 Å². The second kappa shape index (κ2) is 6.52. The van der Waals surface area contributed by atoms with E-state index in [0.717, 1.165) is 18.9 Å². The van der Waals surface area contributed by atoms with Gasteiger partial charge in [0.15, 0.2) is 23.3 Å². The Morgan fingerprint density at radius 1 is 1.22 bits per heavy atom. The Labute approximate surface area is 107 Å². The highest BCUT2D eigenvalue weighted by atomic mass is 19.1. The molecule has 102 valence electrons. The van der Waals surface area contributed by atoms with Crippen molar-refractivity contribution in [2.24, 2.45) is 0 Å². The third-order valence-corrected chi connectivity index (χ3v) is 3.08. The number of nitrogens with zero attached hydrogens (tertiary/aromatic N) is 2. The second-order valence-corrected chi connectivity index (χ2v) is 4.24. The summed E-state index contributed by atoms with van der Waals surface area (Å²) in [5.74, 6) is -0.979. The zero-order valence-corrected chi connectivity index (χ0v) is 11.4. The van der Waals surface area contributed by atoms with Crippen LogP contribution in [-0.2, 0) is 0 Å². The van der Waals surface area contributed by atoms with E-state index in [1.54, 1.807) is 11.9 Å². The zero-order valence-electron chi connectivity index (χ0n) is 11.4. The lowest BCUT2D eigenvalue weighted by atomic mass is 10.1. The maximum atomic E-state index is 13.8. The molecule has 0 aliphatic heterocycles. The molecule has 5 heteroatoms.